The number of aliphatic hydroxyl groups excluding tert-OH is 1. The van der Waals surface area contributed by atoms with Crippen LogP contribution < -0.4 is 54.0 Å². The van der Waals surface area contributed by atoms with Crippen molar-refractivity contribution in [3.8, 4) is 5.75 Å². The van der Waals surface area contributed by atoms with Crippen LogP contribution in [0.4, 0.5) is 4.79 Å². The molecule has 404 valence electrons. The Morgan fingerprint density at radius 2 is 1.23 bits per heavy atom. The number of phenols is 1. The molecule has 9 amide bonds. The molecular formula is C50H78N12O11. The third-order valence-corrected chi connectivity index (χ3v) is 12.1. The summed E-state index contributed by atoms with van der Waals surface area (Å²) < 4.78 is 0. The van der Waals surface area contributed by atoms with E-state index in [-0.39, 0.29) is 62.8 Å². The minimum atomic E-state index is -1.65. The molecule has 73 heavy (non-hydrogen) atoms. The lowest BCUT2D eigenvalue weighted by Crippen LogP contribution is -2.61. The summed E-state index contributed by atoms with van der Waals surface area (Å²) in [5.41, 5.74) is 12.0. The number of benzene rings is 1. The first-order chi connectivity index (χ1) is 34.7. The number of likely N-dealkylation sites (tertiary alicyclic amines) is 1. The second kappa shape index (κ2) is 31.7. The van der Waals surface area contributed by atoms with E-state index >= 15 is 0 Å². The molecule has 23 nitrogen and oxygen atoms in total. The van der Waals surface area contributed by atoms with Crippen molar-refractivity contribution >= 4 is 53.7 Å². The van der Waals surface area contributed by atoms with Gasteiger partial charge in [0.1, 0.15) is 48.3 Å². The summed E-state index contributed by atoms with van der Waals surface area (Å²) >= 11 is 0. The fourth-order valence-corrected chi connectivity index (χ4v) is 8.09. The topological polar surface area (TPSA) is 358 Å². The summed E-state index contributed by atoms with van der Waals surface area (Å²) in [4.78, 5) is 126. The van der Waals surface area contributed by atoms with E-state index in [1.165, 1.54) is 48.5 Å². The maximum atomic E-state index is 14.5. The summed E-state index contributed by atoms with van der Waals surface area (Å²) in [7, 11) is 0. The van der Waals surface area contributed by atoms with Crippen LogP contribution >= 0.6 is 0 Å². The Morgan fingerprint density at radius 1 is 0.699 bits per heavy atom. The molecule has 0 spiro atoms. The van der Waals surface area contributed by atoms with Gasteiger partial charge in [-0.15, -0.1) is 0 Å². The first-order valence-corrected chi connectivity index (χ1v) is 25.1. The number of primary amides is 1. The molecule has 1 aliphatic heterocycles. The largest absolute Gasteiger partial charge is 0.508 e. The van der Waals surface area contributed by atoms with Crippen LogP contribution in [0.1, 0.15) is 104 Å². The zero-order valence-corrected chi connectivity index (χ0v) is 42.7. The lowest BCUT2D eigenvalue weighted by molar-refractivity contribution is -0.140. The lowest BCUT2D eigenvalue weighted by atomic mass is 10.00. The highest BCUT2D eigenvalue weighted by Crippen LogP contribution is 2.19. The molecule has 2 heterocycles. The van der Waals surface area contributed by atoms with E-state index in [2.05, 4.69) is 47.5 Å². The van der Waals surface area contributed by atoms with E-state index in [1.54, 1.807) is 12.1 Å². The Bertz CT molecular complexity index is 2110. The summed E-state index contributed by atoms with van der Waals surface area (Å²) in [5.74, 6) is -5.44. The van der Waals surface area contributed by atoms with Crippen molar-refractivity contribution in [2.24, 2.45) is 17.4 Å². The van der Waals surface area contributed by atoms with Crippen molar-refractivity contribution in [2.45, 2.75) is 160 Å². The van der Waals surface area contributed by atoms with E-state index in [0.29, 0.717) is 56.3 Å². The maximum Gasteiger partial charge on any atom is 0.312 e. The van der Waals surface area contributed by atoms with Gasteiger partial charge >= 0.3 is 6.03 Å². The fourth-order valence-electron chi connectivity index (χ4n) is 8.09. The highest BCUT2D eigenvalue weighted by atomic mass is 16.3. The first kappa shape index (κ1) is 60.6. The molecule has 1 fully saturated rings. The predicted octanol–water partition coefficient (Wildman–Crippen LogP) is -0.936. The van der Waals surface area contributed by atoms with Crippen LogP contribution in [0.15, 0.2) is 48.8 Å². The molecule has 1 aromatic carbocycles. The van der Waals surface area contributed by atoms with Crippen LogP contribution in [-0.4, -0.2) is 154 Å². The van der Waals surface area contributed by atoms with Crippen LogP contribution in [0.5, 0.6) is 5.75 Å². The molecule has 1 aromatic heterocycles. The molecule has 0 saturated carbocycles. The van der Waals surface area contributed by atoms with Gasteiger partial charge in [-0.05, 0) is 106 Å². The van der Waals surface area contributed by atoms with Crippen molar-refractivity contribution < 1.29 is 53.4 Å². The van der Waals surface area contributed by atoms with Gasteiger partial charge in [-0.3, -0.25) is 38.5 Å². The van der Waals surface area contributed by atoms with E-state index in [1.807, 2.05) is 27.7 Å². The Hall–Kier alpha value is -6.72. The number of urea groups is 1. The zero-order valence-electron chi connectivity index (χ0n) is 42.7. The minimum Gasteiger partial charge on any atom is -0.508 e. The number of aliphatic hydroxyl groups is 1. The number of aromatic nitrogens is 1. The lowest BCUT2D eigenvalue weighted by Gasteiger charge is -2.30. The number of aldehydes is 1. The van der Waals surface area contributed by atoms with Crippen molar-refractivity contribution in [3.63, 3.8) is 0 Å². The van der Waals surface area contributed by atoms with Crippen LogP contribution in [0.3, 0.4) is 0 Å². The molecule has 8 atom stereocenters. The normalized spacial score (nSPS) is 16.2. The molecule has 0 radical (unpaired) electrons. The smallest absolute Gasteiger partial charge is 0.312 e. The summed E-state index contributed by atoms with van der Waals surface area (Å²) in [5, 5.41) is 42.1. The van der Waals surface area contributed by atoms with E-state index in [4.69, 9.17) is 11.5 Å². The number of amides is 9. The van der Waals surface area contributed by atoms with Crippen molar-refractivity contribution in [3.05, 3.63) is 59.9 Å². The van der Waals surface area contributed by atoms with E-state index in [9.17, 15) is 53.4 Å². The van der Waals surface area contributed by atoms with Gasteiger partial charge in [0.25, 0.3) is 0 Å². The van der Waals surface area contributed by atoms with Crippen LogP contribution in [0, 0.1) is 5.92 Å². The molecule has 1 aliphatic rings. The number of nitrogens with two attached hydrogens (primary N) is 2. The van der Waals surface area contributed by atoms with Crippen molar-refractivity contribution in [2.75, 3.05) is 26.2 Å². The average molecular weight is 1020 g/mol. The molecule has 3 rings (SSSR count). The number of rotatable bonds is 32. The second-order valence-corrected chi connectivity index (χ2v) is 19.2. The second-order valence-electron chi connectivity index (χ2n) is 19.2. The van der Waals surface area contributed by atoms with Gasteiger partial charge < -0.3 is 73.9 Å². The van der Waals surface area contributed by atoms with Crippen molar-refractivity contribution in [1.82, 2.24) is 52.4 Å². The first-order valence-electron chi connectivity index (χ1n) is 25.1. The molecule has 0 unspecified atom stereocenters. The molecule has 14 N–H and O–H groups in total. The molecule has 23 heteroatoms. The standard InChI is InChI=1S/C50H78N12O11/c1-30(2)24-39(45(68)57-38(15-7-8-21-54-31(3)4)49(72)62-23-11-13-35(62)28-63)59-44(67)37(14-6-9-22-55-50(52)73)56-46(69)40(25-33-16-18-36(65)19-17-33)60-48(71)42(29-64)61-47(70)41(58-43(66)32(5)51)26-34-12-10-20-53-27-34/h10,12,16-20,27-28,30-32,35,37-42,54,64-65H,6-9,11,13-15,21-26,29,51H2,1-5H3,(H,56,69)(H,57,68)(H,58,66)(H,59,67)(H,60,71)(H,61,70)(H3,52,55,73)/t32-,35-,37+,38-,39-,40-,41+,42-/m0/s1. The summed E-state index contributed by atoms with van der Waals surface area (Å²) in [6, 6.07) is -0.982. The average Bonchev–Trinajstić information content (AvgIpc) is 3.83. The number of carbonyl (C=O) groups excluding carboxylic acids is 9. The number of nitrogens with zero attached hydrogens (tertiary/aromatic N) is 2. The van der Waals surface area contributed by atoms with Crippen LogP contribution in [0.25, 0.3) is 0 Å². The number of carbonyl (C=O) groups is 9. The number of unbranched alkanes of at least 4 members (excludes halogenated alkanes) is 2. The third kappa shape index (κ3) is 21.9. The van der Waals surface area contributed by atoms with Gasteiger partial charge in [0.05, 0.1) is 18.7 Å². The third-order valence-electron chi connectivity index (χ3n) is 12.1. The van der Waals surface area contributed by atoms with Crippen LogP contribution in [-0.2, 0) is 51.2 Å². The highest BCUT2D eigenvalue weighted by molar-refractivity contribution is 5.97. The Morgan fingerprint density at radius 3 is 1.81 bits per heavy atom. The number of hydrogen-bond donors (Lipinski definition) is 12. The minimum absolute atomic E-state index is 0.0255. The number of hydrogen-bond acceptors (Lipinski definition) is 14. The molecule has 0 bridgehead atoms. The Labute approximate surface area is 427 Å². The van der Waals surface area contributed by atoms with Gasteiger partial charge in [0.15, 0.2) is 0 Å². The molecule has 1 saturated heterocycles. The SMILES string of the molecule is CC(C)C[C@H](NC(=O)[C@@H](CCCCNC(N)=O)NC(=O)[C@H](Cc1ccc(O)cc1)NC(=O)[C@H](CO)NC(=O)[C@@H](Cc1cccnc1)NC(=O)[C@H](C)N)C(=O)N[C@@H](CCCCNC(C)C)C(=O)N1CCC[C@H]1C=O. The van der Waals surface area contributed by atoms with Crippen LogP contribution in [0.2, 0.25) is 0 Å². The molecule has 2 aromatic rings. The van der Waals surface area contributed by atoms with Gasteiger partial charge in [0.2, 0.25) is 41.4 Å². The fraction of sp³-hybridized carbons (Fsp3) is 0.600. The van der Waals surface area contributed by atoms with Gasteiger partial charge in [-0.25, -0.2) is 4.79 Å². The highest BCUT2D eigenvalue weighted by Gasteiger charge is 2.37. The number of nitrogens with one attached hydrogen (secondary N) is 8. The van der Waals surface area contributed by atoms with Gasteiger partial charge in [-0.1, -0.05) is 45.9 Å². The quantitative estimate of drug-likeness (QED) is 0.0311. The molecular weight excluding hydrogens is 945 g/mol. The number of aromatic hydroxyl groups is 1. The summed E-state index contributed by atoms with van der Waals surface area (Å²) in [6.45, 7) is 9.40. The summed E-state index contributed by atoms with van der Waals surface area (Å²) in [6.07, 6.45) is 6.86. The monoisotopic (exact) mass is 1020 g/mol. The van der Waals surface area contributed by atoms with Gasteiger partial charge in [-0.2, -0.15) is 0 Å². The van der Waals surface area contributed by atoms with Crippen molar-refractivity contribution in [1.29, 1.82) is 0 Å². The van der Waals surface area contributed by atoms with E-state index in [0.717, 1.165) is 6.29 Å². The number of pyridine rings is 1. The number of phenolic OH excluding ortho intramolecular Hbond substituents is 1. The Kier molecular flexibility index (Phi) is 26.3. The predicted molar refractivity (Wildman–Crippen MR) is 271 cm³/mol. The Balaban J connectivity index is 1.92. The molecule has 0 aliphatic carbocycles. The van der Waals surface area contributed by atoms with Gasteiger partial charge in [0, 0.05) is 44.4 Å². The zero-order chi connectivity index (χ0) is 54.0. The maximum absolute atomic E-state index is 14.5. The van der Waals surface area contributed by atoms with E-state index < -0.39 is 102 Å².